The summed E-state index contributed by atoms with van der Waals surface area (Å²) in [5.74, 6) is -1.13. The summed E-state index contributed by atoms with van der Waals surface area (Å²) in [6.07, 6.45) is 2.50. The first kappa shape index (κ1) is 25.0. The number of amides is 2. The summed E-state index contributed by atoms with van der Waals surface area (Å²) >= 11 is 0. The number of nitrogens with zero attached hydrogens (tertiary/aromatic N) is 3. The Balaban J connectivity index is 1.82. The number of benzene rings is 1. The summed E-state index contributed by atoms with van der Waals surface area (Å²) in [5, 5.41) is 7.60. The lowest BCUT2D eigenvalue weighted by molar-refractivity contribution is -0.140. The summed E-state index contributed by atoms with van der Waals surface area (Å²) in [7, 11) is -3.83. The van der Waals surface area contributed by atoms with Crippen molar-refractivity contribution in [1.82, 2.24) is 14.1 Å². The topological polar surface area (TPSA) is 154 Å². The van der Waals surface area contributed by atoms with Gasteiger partial charge in [0.15, 0.2) is 5.96 Å². The highest BCUT2D eigenvalue weighted by Crippen LogP contribution is 2.25. The molecule has 2 aliphatic rings. The van der Waals surface area contributed by atoms with E-state index in [2.05, 4.69) is 0 Å². The minimum atomic E-state index is -3.83. The molecule has 33 heavy (non-hydrogen) atoms. The zero-order valence-electron chi connectivity index (χ0n) is 19.0. The van der Waals surface area contributed by atoms with Crippen molar-refractivity contribution in [3.63, 3.8) is 0 Å². The van der Waals surface area contributed by atoms with Crippen LogP contribution >= 0.6 is 0 Å². The summed E-state index contributed by atoms with van der Waals surface area (Å²) in [5.41, 5.74) is 11.7. The number of guanidine groups is 1. The molecule has 0 bridgehead atoms. The van der Waals surface area contributed by atoms with Crippen LogP contribution in [0.5, 0.6) is 0 Å². The standard InChI is InChI=1S/C22H34N6O4S/c1-16(21(30)27-11-5-8-19(27)20(23)29)28(14-17-9-12-26(13-10-17)22(24)25)33(31,32)15-18-6-3-2-4-7-18/h2-4,6-7,16-17,19H,5,8-15H2,1H3,(H2,23,29)(H3,24,25)/t16-,19-/m0/s1. The molecule has 0 radical (unpaired) electrons. The zero-order valence-corrected chi connectivity index (χ0v) is 19.8. The number of hydrogen-bond acceptors (Lipinski definition) is 5. The molecule has 2 heterocycles. The molecule has 5 N–H and O–H groups in total. The number of rotatable bonds is 8. The van der Waals surface area contributed by atoms with Gasteiger partial charge in [0.25, 0.3) is 0 Å². The molecule has 0 aliphatic carbocycles. The van der Waals surface area contributed by atoms with Crippen LogP contribution in [0.3, 0.4) is 0 Å². The van der Waals surface area contributed by atoms with Crippen LogP contribution in [0, 0.1) is 11.3 Å². The predicted octanol–water partition coefficient (Wildman–Crippen LogP) is 0.289. The fourth-order valence-electron chi connectivity index (χ4n) is 4.68. The Morgan fingerprint density at radius 2 is 1.76 bits per heavy atom. The van der Waals surface area contributed by atoms with Crippen LogP contribution in [0.15, 0.2) is 30.3 Å². The van der Waals surface area contributed by atoms with E-state index in [9.17, 15) is 18.0 Å². The number of carbonyl (C=O) groups is 2. The van der Waals surface area contributed by atoms with E-state index in [4.69, 9.17) is 16.9 Å². The van der Waals surface area contributed by atoms with Crippen LogP contribution in [-0.2, 0) is 25.4 Å². The molecule has 3 rings (SSSR count). The number of likely N-dealkylation sites (tertiary alicyclic amines) is 2. The normalized spacial score (nSPS) is 20.7. The Bertz CT molecular complexity index is 962. The highest BCUT2D eigenvalue weighted by Gasteiger charge is 2.40. The van der Waals surface area contributed by atoms with Gasteiger partial charge in [0.1, 0.15) is 12.1 Å². The van der Waals surface area contributed by atoms with Gasteiger partial charge in [0.05, 0.1) is 5.75 Å². The Morgan fingerprint density at radius 3 is 2.33 bits per heavy atom. The third-order valence-corrected chi connectivity index (χ3v) is 8.47. The lowest BCUT2D eigenvalue weighted by atomic mass is 9.96. The minimum absolute atomic E-state index is 0.0112. The van der Waals surface area contributed by atoms with Crippen molar-refractivity contribution in [3.05, 3.63) is 35.9 Å². The van der Waals surface area contributed by atoms with Crippen LogP contribution < -0.4 is 11.5 Å². The van der Waals surface area contributed by atoms with Gasteiger partial charge in [-0.15, -0.1) is 0 Å². The second-order valence-electron chi connectivity index (χ2n) is 8.90. The van der Waals surface area contributed by atoms with Crippen molar-refractivity contribution in [2.24, 2.45) is 17.4 Å². The molecule has 2 atom stereocenters. The van der Waals surface area contributed by atoms with E-state index in [1.54, 1.807) is 36.1 Å². The molecule has 182 valence electrons. The minimum Gasteiger partial charge on any atom is -0.370 e. The smallest absolute Gasteiger partial charge is 0.241 e. The summed E-state index contributed by atoms with van der Waals surface area (Å²) in [6.45, 7) is 3.32. The summed E-state index contributed by atoms with van der Waals surface area (Å²) in [4.78, 5) is 28.3. The summed E-state index contributed by atoms with van der Waals surface area (Å²) < 4.78 is 28.3. The van der Waals surface area contributed by atoms with Crippen molar-refractivity contribution < 1.29 is 18.0 Å². The Hall–Kier alpha value is -2.66. The lowest BCUT2D eigenvalue weighted by Gasteiger charge is -2.37. The number of sulfonamides is 1. The first-order valence-corrected chi connectivity index (χ1v) is 12.9. The monoisotopic (exact) mass is 478 g/mol. The van der Waals surface area contributed by atoms with Crippen molar-refractivity contribution in [2.45, 2.75) is 50.4 Å². The van der Waals surface area contributed by atoms with E-state index < -0.39 is 33.9 Å². The average Bonchev–Trinajstić information content (AvgIpc) is 3.27. The van der Waals surface area contributed by atoms with Crippen molar-refractivity contribution >= 4 is 27.8 Å². The number of carbonyl (C=O) groups excluding carboxylic acids is 2. The van der Waals surface area contributed by atoms with Gasteiger partial charge in [0.2, 0.25) is 21.8 Å². The number of piperidine rings is 1. The van der Waals surface area contributed by atoms with E-state index in [1.165, 1.54) is 9.21 Å². The van der Waals surface area contributed by atoms with Crippen LogP contribution in [0.2, 0.25) is 0 Å². The maximum Gasteiger partial charge on any atom is 0.241 e. The number of primary amides is 1. The molecule has 2 amide bonds. The molecule has 1 aromatic carbocycles. The molecule has 0 saturated carbocycles. The van der Waals surface area contributed by atoms with Gasteiger partial charge < -0.3 is 21.3 Å². The second-order valence-corrected chi connectivity index (χ2v) is 10.8. The Kier molecular flexibility index (Phi) is 7.96. The predicted molar refractivity (Wildman–Crippen MR) is 125 cm³/mol. The molecule has 0 unspecified atom stereocenters. The van der Waals surface area contributed by atoms with Gasteiger partial charge >= 0.3 is 0 Å². The first-order chi connectivity index (χ1) is 15.6. The Labute approximate surface area is 195 Å². The van der Waals surface area contributed by atoms with Crippen molar-refractivity contribution in [2.75, 3.05) is 26.2 Å². The van der Waals surface area contributed by atoms with Gasteiger partial charge in [-0.25, -0.2) is 8.42 Å². The zero-order chi connectivity index (χ0) is 24.2. The van der Waals surface area contributed by atoms with Gasteiger partial charge in [-0.2, -0.15) is 4.31 Å². The van der Waals surface area contributed by atoms with E-state index >= 15 is 0 Å². The molecule has 0 aromatic heterocycles. The molecule has 0 spiro atoms. The van der Waals surface area contributed by atoms with Crippen molar-refractivity contribution in [1.29, 1.82) is 5.41 Å². The fraction of sp³-hybridized carbons (Fsp3) is 0.591. The third-order valence-electron chi connectivity index (χ3n) is 6.60. The van der Waals surface area contributed by atoms with E-state index in [0.29, 0.717) is 50.9 Å². The molecule has 11 heteroatoms. The quantitative estimate of drug-likeness (QED) is 0.360. The molecule has 1 aromatic rings. The maximum atomic E-state index is 13.5. The molecule has 10 nitrogen and oxygen atoms in total. The Morgan fingerprint density at radius 1 is 1.12 bits per heavy atom. The number of nitrogens with one attached hydrogen (secondary N) is 1. The highest BCUT2D eigenvalue weighted by molar-refractivity contribution is 7.88. The second kappa shape index (κ2) is 10.5. The molecular formula is C22H34N6O4S. The lowest BCUT2D eigenvalue weighted by Crippen LogP contribution is -2.54. The first-order valence-electron chi connectivity index (χ1n) is 11.3. The van der Waals surface area contributed by atoms with Crippen molar-refractivity contribution in [3.8, 4) is 0 Å². The molecule has 2 aliphatic heterocycles. The third kappa shape index (κ3) is 6.02. The van der Waals surface area contributed by atoms with E-state index in [-0.39, 0.29) is 24.2 Å². The highest BCUT2D eigenvalue weighted by atomic mass is 32.2. The number of hydrogen-bond donors (Lipinski definition) is 3. The van der Waals surface area contributed by atoms with Crippen LogP contribution in [-0.4, -0.2) is 78.6 Å². The maximum absolute atomic E-state index is 13.5. The number of nitrogens with two attached hydrogens (primary N) is 2. The molecule has 2 saturated heterocycles. The largest absolute Gasteiger partial charge is 0.370 e. The SMILES string of the molecule is C[C@@H](C(=O)N1CCC[C@H]1C(N)=O)N(CC1CCN(C(=N)N)CC1)S(=O)(=O)Cc1ccccc1. The van der Waals surface area contributed by atoms with Crippen LogP contribution in [0.25, 0.3) is 0 Å². The van der Waals surface area contributed by atoms with Crippen LogP contribution in [0.4, 0.5) is 0 Å². The molecule has 2 fully saturated rings. The molecular weight excluding hydrogens is 444 g/mol. The van der Waals surface area contributed by atoms with Gasteiger partial charge in [-0.05, 0) is 44.1 Å². The van der Waals surface area contributed by atoms with Gasteiger partial charge in [0, 0.05) is 26.2 Å². The van der Waals surface area contributed by atoms with Gasteiger partial charge in [-0.1, -0.05) is 30.3 Å². The average molecular weight is 479 g/mol. The van der Waals surface area contributed by atoms with Gasteiger partial charge in [-0.3, -0.25) is 15.0 Å². The summed E-state index contributed by atoms with van der Waals surface area (Å²) in [6, 6.07) is 7.22. The fourth-order valence-corrected chi connectivity index (χ4v) is 6.47. The van der Waals surface area contributed by atoms with Crippen LogP contribution in [0.1, 0.15) is 38.2 Å². The van der Waals surface area contributed by atoms with E-state index in [0.717, 1.165) is 0 Å². The van der Waals surface area contributed by atoms with E-state index in [1.807, 2.05) is 6.07 Å².